The lowest BCUT2D eigenvalue weighted by Gasteiger charge is -2.19. The number of aromatic nitrogens is 2. The lowest BCUT2D eigenvalue weighted by atomic mass is 10.1. The Balaban J connectivity index is 2.22. The van der Waals surface area contributed by atoms with Gasteiger partial charge in [0, 0.05) is 0 Å². The van der Waals surface area contributed by atoms with Crippen molar-refractivity contribution in [2.45, 2.75) is 24.5 Å². The minimum Gasteiger partial charge on any atom is -0.394 e. The lowest BCUT2D eigenvalue weighted by Crippen LogP contribution is -2.38. The molecular formula is C13H14N2O6. The highest BCUT2D eigenvalue weighted by atomic mass is 16.6. The molecule has 1 aliphatic rings. The standard InChI is InChI=1S/C13H14N2O6/c16-5-8-9(17)10(18)12(21-8)15-7-4-2-1-3-6(7)11(19)14-13(15)20/h1-4,8-10,12,16-18H,5H2,(H,14,19,20)/t8-,9+,10-,12-/m0/s1. The summed E-state index contributed by atoms with van der Waals surface area (Å²) in [6.07, 6.45) is -4.90. The van der Waals surface area contributed by atoms with Crippen LogP contribution in [0.2, 0.25) is 0 Å². The molecule has 1 aromatic heterocycles. The molecule has 8 nitrogen and oxygen atoms in total. The molecule has 0 spiro atoms. The predicted molar refractivity (Wildman–Crippen MR) is 71.8 cm³/mol. The van der Waals surface area contributed by atoms with Crippen molar-refractivity contribution in [2.75, 3.05) is 6.61 Å². The van der Waals surface area contributed by atoms with E-state index in [1.54, 1.807) is 18.2 Å². The van der Waals surface area contributed by atoms with Gasteiger partial charge in [-0.2, -0.15) is 0 Å². The minimum absolute atomic E-state index is 0.259. The summed E-state index contributed by atoms with van der Waals surface area (Å²) in [7, 11) is 0. The van der Waals surface area contributed by atoms with E-state index in [9.17, 15) is 19.8 Å². The van der Waals surface area contributed by atoms with Crippen LogP contribution in [-0.4, -0.2) is 49.8 Å². The first-order valence-corrected chi connectivity index (χ1v) is 6.40. The lowest BCUT2D eigenvalue weighted by molar-refractivity contribution is -0.0527. The zero-order valence-electron chi connectivity index (χ0n) is 10.8. The number of nitrogens with zero attached hydrogens (tertiary/aromatic N) is 1. The van der Waals surface area contributed by atoms with Crippen LogP contribution in [0.1, 0.15) is 6.23 Å². The first-order chi connectivity index (χ1) is 10.0. The van der Waals surface area contributed by atoms with Gasteiger partial charge in [0.25, 0.3) is 5.56 Å². The number of benzene rings is 1. The van der Waals surface area contributed by atoms with Gasteiger partial charge in [-0.25, -0.2) is 4.79 Å². The predicted octanol–water partition coefficient (Wildman–Crippen LogP) is -1.70. The molecule has 0 aliphatic carbocycles. The van der Waals surface area contributed by atoms with Crippen LogP contribution in [-0.2, 0) is 4.74 Å². The number of aromatic amines is 1. The summed E-state index contributed by atoms with van der Waals surface area (Å²) in [6.45, 7) is -0.495. The summed E-state index contributed by atoms with van der Waals surface area (Å²) in [5.41, 5.74) is -1.02. The van der Waals surface area contributed by atoms with Crippen molar-refractivity contribution in [1.29, 1.82) is 0 Å². The van der Waals surface area contributed by atoms with E-state index in [0.717, 1.165) is 4.57 Å². The van der Waals surface area contributed by atoms with Crippen molar-refractivity contribution in [2.24, 2.45) is 0 Å². The number of H-pyrrole nitrogens is 1. The van der Waals surface area contributed by atoms with E-state index in [-0.39, 0.29) is 10.9 Å². The Morgan fingerprint density at radius 1 is 1.19 bits per heavy atom. The van der Waals surface area contributed by atoms with Crippen molar-refractivity contribution in [3.05, 3.63) is 45.1 Å². The second-order valence-electron chi connectivity index (χ2n) is 4.88. The topological polar surface area (TPSA) is 125 Å². The van der Waals surface area contributed by atoms with Gasteiger partial charge >= 0.3 is 5.69 Å². The quantitative estimate of drug-likeness (QED) is 0.523. The average molecular weight is 294 g/mol. The number of fused-ring (bicyclic) bond motifs is 1. The number of rotatable bonds is 2. The Morgan fingerprint density at radius 3 is 2.57 bits per heavy atom. The van der Waals surface area contributed by atoms with Crippen LogP contribution < -0.4 is 11.2 Å². The molecule has 3 rings (SSSR count). The second kappa shape index (κ2) is 5.08. The van der Waals surface area contributed by atoms with Crippen molar-refractivity contribution >= 4 is 10.9 Å². The molecule has 1 aromatic carbocycles. The SMILES string of the molecule is O=c1[nH]c(=O)n([C@H]2O[C@@H](CO)[C@@H](O)[C@@H]2O)c2ccccc12. The summed E-state index contributed by atoms with van der Waals surface area (Å²) in [5.74, 6) is 0. The van der Waals surface area contributed by atoms with Crippen LogP contribution in [0.4, 0.5) is 0 Å². The van der Waals surface area contributed by atoms with Crippen LogP contribution in [0, 0.1) is 0 Å². The molecule has 8 heteroatoms. The first-order valence-electron chi connectivity index (χ1n) is 6.40. The summed E-state index contributed by atoms with van der Waals surface area (Å²) in [6, 6.07) is 6.36. The van der Waals surface area contributed by atoms with Gasteiger partial charge in [-0.05, 0) is 12.1 Å². The maximum atomic E-state index is 12.1. The number of para-hydroxylation sites is 1. The molecule has 0 amide bonds. The summed E-state index contributed by atoms with van der Waals surface area (Å²) in [5, 5.41) is 29.2. The van der Waals surface area contributed by atoms with E-state index in [1.807, 2.05) is 0 Å². The first kappa shape index (κ1) is 14.0. The monoisotopic (exact) mass is 294 g/mol. The largest absolute Gasteiger partial charge is 0.394 e. The fourth-order valence-electron chi connectivity index (χ4n) is 2.56. The third kappa shape index (κ3) is 2.09. The Hall–Kier alpha value is -2.00. The summed E-state index contributed by atoms with van der Waals surface area (Å²) < 4.78 is 6.41. The number of hydrogen-bond acceptors (Lipinski definition) is 6. The van der Waals surface area contributed by atoms with Crippen molar-refractivity contribution in [1.82, 2.24) is 9.55 Å². The van der Waals surface area contributed by atoms with E-state index in [0.29, 0.717) is 0 Å². The van der Waals surface area contributed by atoms with E-state index < -0.39 is 42.4 Å². The zero-order valence-corrected chi connectivity index (χ0v) is 10.8. The van der Waals surface area contributed by atoms with Gasteiger partial charge in [-0.1, -0.05) is 12.1 Å². The highest BCUT2D eigenvalue weighted by molar-refractivity contribution is 5.77. The van der Waals surface area contributed by atoms with Crippen LogP contribution in [0.15, 0.2) is 33.9 Å². The number of hydrogen-bond donors (Lipinski definition) is 4. The molecule has 4 N–H and O–H groups in total. The van der Waals surface area contributed by atoms with Crippen LogP contribution in [0.25, 0.3) is 10.9 Å². The number of aliphatic hydroxyl groups is 3. The Bertz CT molecular complexity index is 782. The molecule has 1 aliphatic heterocycles. The van der Waals surface area contributed by atoms with E-state index in [4.69, 9.17) is 9.84 Å². The molecule has 1 fully saturated rings. The maximum Gasteiger partial charge on any atom is 0.331 e. The average Bonchev–Trinajstić information content (AvgIpc) is 2.75. The van der Waals surface area contributed by atoms with Gasteiger partial charge in [0.2, 0.25) is 0 Å². The number of nitrogens with one attached hydrogen (secondary N) is 1. The van der Waals surface area contributed by atoms with Gasteiger partial charge in [0.1, 0.15) is 18.3 Å². The molecule has 1 saturated heterocycles. The van der Waals surface area contributed by atoms with E-state index in [1.165, 1.54) is 6.07 Å². The second-order valence-corrected chi connectivity index (χ2v) is 4.88. The van der Waals surface area contributed by atoms with Gasteiger partial charge in [0.15, 0.2) is 6.23 Å². The van der Waals surface area contributed by atoms with Crippen molar-refractivity contribution in [3.63, 3.8) is 0 Å². The molecule has 2 heterocycles. The molecule has 21 heavy (non-hydrogen) atoms. The minimum atomic E-state index is -1.39. The molecule has 0 radical (unpaired) electrons. The Morgan fingerprint density at radius 2 is 1.90 bits per heavy atom. The van der Waals surface area contributed by atoms with Gasteiger partial charge in [0.05, 0.1) is 17.5 Å². The fraction of sp³-hybridized carbons (Fsp3) is 0.385. The normalized spacial score (nSPS) is 29.1. The van der Waals surface area contributed by atoms with Gasteiger partial charge in [-0.3, -0.25) is 14.3 Å². The highest BCUT2D eigenvalue weighted by Crippen LogP contribution is 2.29. The van der Waals surface area contributed by atoms with E-state index in [2.05, 4.69) is 4.98 Å². The highest BCUT2D eigenvalue weighted by Gasteiger charge is 2.44. The molecular weight excluding hydrogens is 280 g/mol. The van der Waals surface area contributed by atoms with Crippen LogP contribution in [0.5, 0.6) is 0 Å². The maximum absolute atomic E-state index is 12.1. The number of aliphatic hydroxyl groups excluding tert-OH is 3. The molecule has 4 atom stereocenters. The fourth-order valence-corrected chi connectivity index (χ4v) is 2.56. The molecule has 112 valence electrons. The Kier molecular flexibility index (Phi) is 3.38. The van der Waals surface area contributed by atoms with Crippen molar-refractivity contribution < 1.29 is 20.1 Å². The third-order valence-corrected chi connectivity index (χ3v) is 3.62. The van der Waals surface area contributed by atoms with Gasteiger partial charge in [-0.15, -0.1) is 0 Å². The molecule has 0 saturated carbocycles. The van der Waals surface area contributed by atoms with Crippen LogP contribution >= 0.6 is 0 Å². The molecule has 0 unspecified atom stereocenters. The van der Waals surface area contributed by atoms with Crippen molar-refractivity contribution in [3.8, 4) is 0 Å². The summed E-state index contributed by atoms with van der Waals surface area (Å²) in [4.78, 5) is 26.0. The third-order valence-electron chi connectivity index (χ3n) is 3.62. The summed E-state index contributed by atoms with van der Waals surface area (Å²) >= 11 is 0. The smallest absolute Gasteiger partial charge is 0.331 e. The zero-order chi connectivity index (χ0) is 15.1. The van der Waals surface area contributed by atoms with Gasteiger partial charge < -0.3 is 20.1 Å². The Labute approximate surface area is 117 Å². The molecule has 2 aromatic rings. The van der Waals surface area contributed by atoms with Crippen LogP contribution in [0.3, 0.4) is 0 Å². The van der Waals surface area contributed by atoms with E-state index >= 15 is 0 Å². The molecule has 0 bridgehead atoms. The number of ether oxygens (including phenoxy) is 1.